The van der Waals surface area contributed by atoms with E-state index in [0.717, 1.165) is 45.4 Å². The first-order valence-electron chi connectivity index (χ1n) is 5.70. The third-order valence-corrected chi connectivity index (χ3v) is 1.96. The maximum Gasteiger partial charge on any atom is 0.0518 e. The standard InChI is InChI=1S/C11H25NO2/c1-11(2)14-10-6-8-12-7-4-3-5-9-13/h11-13H,3-10H2,1-2H3. The SMILES string of the molecule is CC(C)OCCCNCCCCCO. The van der Waals surface area contributed by atoms with Crippen molar-refractivity contribution in [1.29, 1.82) is 0 Å². The van der Waals surface area contributed by atoms with Crippen LogP contribution in [0, 0.1) is 0 Å². The Morgan fingerprint density at radius 1 is 1.07 bits per heavy atom. The molecule has 0 aromatic rings. The first kappa shape index (κ1) is 13.9. The molecule has 14 heavy (non-hydrogen) atoms. The number of rotatable bonds is 10. The highest BCUT2D eigenvalue weighted by Crippen LogP contribution is 1.92. The monoisotopic (exact) mass is 203 g/mol. The van der Waals surface area contributed by atoms with Crippen molar-refractivity contribution in [2.24, 2.45) is 0 Å². The van der Waals surface area contributed by atoms with E-state index >= 15 is 0 Å². The molecule has 0 fully saturated rings. The average Bonchev–Trinajstić information content (AvgIpc) is 2.15. The van der Waals surface area contributed by atoms with Gasteiger partial charge in [-0.05, 0) is 52.6 Å². The topological polar surface area (TPSA) is 41.5 Å². The van der Waals surface area contributed by atoms with Gasteiger partial charge in [-0.15, -0.1) is 0 Å². The largest absolute Gasteiger partial charge is 0.396 e. The van der Waals surface area contributed by atoms with Crippen molar-refractivity contribution in [2.75, 3.05) is 26.3 Å². The van der Waals surface area contributed by atoms with Gasteiger partial charge in [-0.25, -0.2) is 0 Å². The summed E-state index contributed by atoms with van der Waals surface area (Å²) in [5.41, 5.74) is 0. The number of unbranched alkanes of at least 4 members (excludes halogenated alkanes) is 2. The molecule has 0 aromatic heterocycles. The van der Waals surface area contributed by atoms with Gasteiger partial charge in [0.15, 0.2) is 0 Å². The minimum atomic E-state index is 0.322. The fraction of sp³-hybridized carbons (Fsp3) is 1.00. The van der Waals surface area contributed by atoms with E-state index in [-0.39, 0.29) is 0 Å². The molecule has 0 atom stereocenters. The summed E-state index contributed by atoms with van der Waals surface area (Å²) in [5, 5.41) is 11.9. The van der Waals surface area contributed by atoms with Crippen molar-refractivity contribution in [3.8, 4) is 0 Å². The van der Waals surface area contributed by atoms with Gasteiger partial charge in [-0.2, -0.15) is 0 Å². The fourth-order valence-corrected chi connectivity index (χ4v) is 1.18. The Bertz CT molecular complexity index is 107. The molecule has 0 amide bonds. The summed E-state index contributed by atoms with van der Waals surface area (Å²) in [5.74, 6) is 0. The van der Waals surface area contributed by atoms with Crippen molar-refractivity contribution in [3.63, 3.8) is 0 Å². The Morgan fingerprint density at radius 3 is 2.43 bits per heavy atom. The lowest BCUT2D eigenvalue weighted by atomic mass is 10.2. The molecule has 0 saturated heterocycles. The van der Waals surface area contributed by atoms with Crippen LogP contribution in [0.25, 0.3) is 0 Å². The van der Waals surface area contributed by atoms with E-state index in [2.05, 4.69) is 19.2 Å². The van der Waals surface area contributed by atoms with Crippen molar-refractivity contribution >= 4 is 0 Å². The van der Waals surface area contributed by atoms with Crippen LogP contribution in [0.2, 0.25) is 0 Å². The summed E-state index contributed by atoms with van der Waals surface area (Å²) in [4.78, 5) is 0. The smallest absolute Gasteiger partial charge is 0.0518 e. The van der Waals surface area contributed by atoms with Gasteiger partial charge < -0.3 is 15.2 Å². The third-order valence-electron chi connectivity index (χ3n) is 1.96. The first-order chi connectivity index (χ1) is 6.77. The second-order valence-corrected chi connectivity index (χ2v) is 3.81. The molecule has 3 nitrogen and oxygen atoms in total. The van der Waals surface area contributed by atoms with E-state index in [1.54, 1.807) is 0 Å². The number of hydrogen-bond acceptors (Lipinski definition) is 3. The Kier molecular flexibility index (Phi) is 10.9. The molecule has 0 aliphatic rings. The summed E-state index contributed by atoms with van der Waals surface area (Å²) in [6.45, 7) is 7.38. The summed E-state index contributed by atoms with van der Waals surface area (Å²) in [6, 6.07) is 0. The van der Waals surface area contributed by atoms with E-state index in [1.165, 1.54) is 0 Å². The van der Waals surface area contributed by atoms with Gasteiger partial charge in [0, 0.05) is 13.2 Å². The normalized spacial score (nSPS) is 11.1. The molecule has 0 aliphatic carbocycles. The minimum Gasteiger partial charge on any atom is -0.396 e. The average molecular weight is 203 g/mol. The molecule has 0 heterocycles. The van der Waals surface area contributed by atoms with Crippen LogP contribution < -0.4 is 5.32 Å². The highest BCUT2D eigenvalue weighted by atomic mass is 16.5. The van der Waals surface area contributed by atoms with Gasteiger partial charge in [-0.3, -0.25) is 0 Å². The van der Waals surface area contributed by atoms with Gasteiger partial charge in [-0.1, -0.05) is 0 Å². The zero-order valence-corrected chi connectivity index (χ0v) is 9.59. The van der Waals surface area contributed by atoms with Crippen LogP contribution in [0.15, 0.2) is 0 Å². The molecule has 0 rings (SSSR count). The number of nitrogens with one attached hydrogen (secondary N) is 1. The van der Waals surface area contributed by atoms with E-state index < -0.39 is 0 Å². The third kappa shape index (κ3) is 11.9. The first-order valence-corrected chi connectivity index (χ1v) is 5.70. The maximum absolute atomic E-state index is 8.55. The highest BCUT2D eigenvalue weighted by Gasteiger charge is 1.93. The lowest BCUT2D eigenvalue weighted by Gasteiger charge is -2.07. The lowest BCUT2D eigenvalue weighted by molar-refractivity contribution is 0.0771. The molecular formula is C11H25NO2. The molecular weight excluding hydrogens is 178 g/mol. The minimum absolute atomic E-state index is 0.322. The van der Waals surface area contributed by atoms with Crippen LogP contribution in [-0.4, -0.2) is 37.5 Å². The van der Waals surface area contributed by atoms with E-state index in [4.69, 9.17) is 9.84 Å². The van der Waals surface area contributed by atoms with Gasteiger partial charge in [0.2, 0.25) is 0 Å². The summed E-state index contributed by atoms with van der Waals surface area (Å²) in [6.07, 6.45) is 4.63. The fourth-order valence-electron chi connectivity index (χ4n) is 1.18. The quantitative estimate of drug-likeness (QED) is 0.529. The van der Waals surface area contributed by atoms with E-state index in [9.17, 15) is 0 Å². The molecule has 0 unspecified atom stereocenters. The van der Waals surface area contributed by atoms with Crippen LogP contribution in [0.5, 0.6) is 0 Å². The van der Waals surface area contributed by atoms with Gasteiger partial charge in [0.1, 0.15) is 0 Å². The molecule has 0 aromatic carbocycles. The molecule has 2 N–H and O–H groups in total. The predicted octanol–water partition coefficient (Wildman–Crippen LogP) is 1.55. The second kappa shape index (κ2) is 11.0. The van der Waals surface area contributed by atoms with Crippen molar-refractivity contribution in [3.05, 3.63) is 0 Å². The molecule has 0 spiro atoms. The molecule has 3 heteroatoms. The summed E-state index contributed by atoms with van der Waals surface area (Å²) < 4.78 is 5.41. The zero-order chi connectivity index (χ0) is 10.6. The van der Waals surface area contributed by atoms with Crippen LogP contribution in [0.3, 0.4) is 0 Å². The summed E-state index contributed by atoms with van der Waals surface area (Å²) in [7, 11) is 0. The van der Waals surface area contributed by atoms with Crippen molar-refractivity contribution in [1.82, 2.24) is 5.32 Å². The lowest BCUT2D eigenvalue weighted by Crippen LogP contribution is -2.18. The van der Waals surface area contributed by atoms with Crippen LogP contribution in [0.4, 0.5) is 0 Å². The number of ether oxygens (including phenoxy) is 1. The van der Waals surface area contributed by atoms with Crippen molar-refractivity contribution in [2.45, 2.75) is 45.6 Å². The Labute approximate surface area is 87.8 Å². The van der Waals surface area contributed by atoms with E-state index in [1.807, 2.05) is 0 Å². The van der Waals surface area contributed by atoms with Gasteiger partial charge >= 0.3 is 0 Å². The predicted molar refractivity (Wildman–Crippen MR) is 59.5 cm³/mol. The maximum atomic E-state index is 8.55. The molecule has 0 bridgehead atoms. The van der Waals surface area contributed by atoms with E-state index in [0.29, 0.717) is 12.7 Å². The Balaban J connectivity index is 2.85. The molecule has 0 aliphatic heterocycles. The highest BCUT2D eigenvalue weighted by molar-refractivity contribution is 4.49. The van der Waals surface area contributed by atoms with Crippen LogP contribution in [-0.2, 0) is 4.74 Å². The Hall–Kier alpha value is -0.120. The number of hydrogen-bond donors (Lipinski definition) is 2. The zero-order valence-electron chi connectivity index (χ0n) is 9.59. The second-order valence-electron chi connectivity index (χ2n) is 3.81. The van der Waals surface area contributed by atoms with Gasteiger partial charge in [0.25, 0.3) is 0 Å². The van der Waals surface area contributed by atoms with Crippen LogP contribution >= 0.6 is 0 Å². The number of aliphatic hydroxyl groups excluding tert-OH is 1. The summed E-state index contributed by atoms with van der Waals surface area (Å²) >= 11 is 0. The number of aliphatic hydroxyl groups is 1. The molecule has 0 radical (unpaired) electrons. The molecule has 86 valence electrons. The van der Waals surface area contributed by atoms with Crippen molar-refractivity contribution < 1.29 is 9.84 Å². The molecule has 0 saturated carbocycles. The van der Waals surface area contributed by atoms with Gasteiger partial charge in [0.05, 0.1) is 6.10 Å². The van der Waals surface area contributed by atoms with Crippen LogP contribution in [0.1, 0.15) is 39.5 Å². The Morgan fingerprint density at radius 2 is 1.79 bits per heavy atom.